The third-order valence-electron chi connectivity index (χ3n) is 3.18. The molecule has 0 aromatic heterocycles. The maximum Gasteiger partial charge on any atom is 0.123 e. The minimum atomic E-state index is -0.701. The van der Waals surface area contributed by atoms with E-state index < -0.39 is 6.10 Å². The highest BCUT2D eigenvalue weighted by atomic mass is 79.9. The fraction of sp³-hybridized carbons (Fsp3) is 0.250. The van der Waals surface area contributed by atoms with Gasteiger partial charge in [-0.15, -0.1) is 0 Å². The van der Waals surface area contributed by atoms with Crippen LogP contribution in [0.5, 0.6) is 0 Å². The molecule has 0 unspecified atom stereocenters. The summed E-state index contributed by atoms with van der Waals surface area (Å²) in [6.07, 6.45) is -0.701. The molecular formula is C16H17BrFNO. The summed E-state index contributed by atoms with van der Waals surface area (Å²) in [6.45, 7) is 2.34. The molecule has 0 saturated heterocycles. The van der Waals surface area contributed by atoms with Crippen molar-refractivity contribution in [3.63, 3.8) is 0 Å². The highest BCUT2D eigenvalue weighted by Gasteiger charge is 2.13. The third kappa shape index (κ3) is 3.58. The fourth-order valence-electron chi connectivity index (χ4n) is 2.16. The molecule has 0 heterocycles. The first-order valence-corrected chi connectivity index (χ1v) is 7.20. The van der Waals surface area contributed by atoms with Gasteiger partial charge in [0.2, 0.25) is 0 Å². The van der Waals surface area contributed by atoms with Crippen molar-refractivity contribution in [3.05, 3.63) is 63.9 Å². The maximum atomic E-state index is 13.3. The van der Waals surface area contributed by atoms with E-state index in [4.69, 9.17) is 0 Å². The molecule has 0 aliphatic rings. The van der Waals surface area contributed by atoms with Crippen LogP contribution < -0.4 is 4.90 Å². The molecule has 0 fully saturated rings. The van der Waals surface area contributed by atoms with Gasteiger partial charge in [0.05, 0.1) is 6.10 Å². The average Bonchev–Trinajstić information content (AvgIpc) is 2.41. The normalized spacial score (nSPS) is 12.2. The summed E-state index contributed by atoms with van der Waals surface area (Å²) in [7, 11) is 1.93. The second kappa shape index (κ2) is 6.37. The Morgan fingerprint density at radius 3 is 2.45 bits per heavy atom. The lowest BCUT2D eigenvalue weighted by Crippen LogP contribution is -2.18. The predicted molar refractivity (Wildman–Crippen MR) is 83.3 cm³/mol. The van der Waals surface area contributed by atoms with Crippen molar-refractivity contribution in [2.45, 2.75) is 19.6 Å². The molecule has 0 aliphatic carbocycles. The zero-order chi connectivity index (χ0) is 14.7. The van der Waals surface area contributed by atoms with Crippen LogP contribution in [-0.2, 0) is 6.54 Å². The molecule has 106 valence electrons. The number of hydrogen-bond acceptors (Lipinski definition) is 2. The molecule has 1 atom stereocenters. The largest absolute Gasteiger partial charge is 0.389 e. The van der Waals surface area contributed by atoms with Gasteiger partial charge >= 0.3 is 0 Å². The lowest BCUT2D eigenvalue weighted by Gasteiger charge is -2.24. The van der Waals surface area contributed by atoms with Crippen LogP contribution >= 0.6 is 15.9 Å². The number of halogens is 2. The summed E-state index contributed by atoms with van der Waals surface area (Å²) < 4.78 is 14.3. The first-order valence-electron chi connectivity index (χ1n) is 6.40. The molecule has 2 aromatic carbocycles. The third-order valence-corrected chi connectivity index (χ3v) is 3.71. The van der Waals surface area contributed by atoms with Gasteiger partial charge < -0.3 is 10.0 Å². The average molecular weight is 338 g/mol. The van der Waals surface area contributed by atoms with E-state index in [1.807, 2.05) is 36.2 Å². The van der Waals surface area contributed by atoms with Gasteiger partial charge in [0.15, 0.2) is 0 Å². The number of aliphatic hydroxyl groups excluding tert-OH is 1. The summed E-state index contributed by atoms with van der Waals surface area (Å²) in [4.78, 5) is 2.00. The van der Waals surface area contributed by atoms with Crippen LogP contribution in [0.25, 0.3) is 0 Å². The van der Waals surface area contributed by atoms with E-state index in [9.17, 15) is 9.50 Å². The molecule has 4 heteroatoms. The Morgan fingerprint density at radius 1 is 1.20 bits per heavy atom. The number of aliphatic hydroxyl groups is 1. The van der Waals surface area contributed by atoms with E-state index in [0.717, 1.165) is 15.7 Å². The SMILES string of the molecule is C[C@@H](O)c1cc(F)ccc1N(C)Cc1ccc(Br)cc1. The Hall–Kier alpha value is -1.39. The first kappa shape index (κ1) is 15.0. The first-order chi connectivity index (χ1) is 9.47. The molecule has 2 nitrogen and oxygen atoms in total. The minimum absolute atomic E-state index is 0.332. The van der Waals surface area contributed by atoms with Gasteiger partial charge in [0.1, 0.15) is 5.82 Å². The van der Waals surface area contributed by atoms with E-state index in [-0.39, 0.29) is 5.82 Å². The van der Waals surface area contributed by atoms with Crippen LogP contribution in [0.1, 0.15) is 24.2 Å². The Labute approximate surface area is 127 Å². The van der Waals surface area contributed by atoms with E-state index in [1.165, 1.54) is 12.1 Å². The minimum Gasteiger partial charge on any atom is -0.389 e. The molecule has 0 saturated carbocycles. The molecule has 0 aliphatic heterocycles. The van der Waals surface area contributed by atoms with Crippen LogP contribution in [0.4, 0.5) is 10.1 Å². The molecule has 20 heavy (non-hydrogen) atoms. The van der Waals surface area contributed by atoms with Crippen molar-refractivity contribution >= 4 is 21.6 Å². The van der Waals surface area contributed by atoms with E-state index >= 15 is 0 Å². The molecular weight excluding hydrogens is 321 g/mol. The van der Waals surface area contributed by atoms with Crippen LogP contribution in [0.15, 0.2) is 46.9 Å². The van der Waals surface area contributed by atoms with Gasteiger partial charge in [-0.3, -0.25) is 0 Å². The van der Waals surface area contributed by atoms with Crippen molar-refractivity contribution < 1.29 is 9.50 Å². The van der Waals surface area contributed by atoms with E-state index in [0.29, 0.717) is 12.1 Å². The van der Waals surface area contributed by atoms with Gasteiger partial charge in [-0.1, -0.05) is 28.1 Å². The quantitative estimate of drug-likeness (QED) is 0.900. The van der Waals surface area contributed by atoms with Gasteiger partial charge in [-0.05, 0) is 42.8 Å². The van der Waals surface area contributed by atoms with E-state index in [2.05, 4.69) is 15.9 Å². The van der Waals surface area contributed by atoms with Gasteiger partial charge in [-0.2, -0.15) is 0 Å². The lowest BCUT2D eigenvalue weighted by molar-refractivity contribution is 0.199. The number of hydrogen-bond donors (Lipinski definition) is 1. The zero-order valence-corrected chi connectivity index (χ0v) is 13.1. The van der Waals surface area contributed by atoms with Crippen molar-refractivity contribution in [1.29, 1.82) is 0 Å². The zero-order valence-electron chi connectivity index (χ0n) is 11.5. The highest BCUT2D eigenvalue weighted by Crippen LogP contribution is 2.27. The summed E-state index contributed by atoms with van der Waals surface area (Å²) in [5.41, 5.74) is 2.59. The van der Waals surface area contributed by atoms with Gasteiger partial charge in [0.25, 0.3) is 0 Å². The number of anilines is 1. The monoisotopic (exact) mass is 337 g/mol. The van der Waals surface area contributed by atoms with Gasteiger partial charge in [-0.25, -0.2) is 4.39 Å². The summed E-state index contributed by atoms with van der Waals surface area (Å²) in [5.74, 6) is -0.332. The molecule has 2 rings (SSSR count). The van der Waals surface area contributed by atoms with Crippen molar-refractivity contribution in [1.82, 2.24) is 0 Å². The Morgan fingerprint density at radius 2 is 1.85 bits per heavy atom. The number of rotatable bonds is 4. The lowest BCUT2D eigenvalue weighted by atomic mass is 10.1. The Bertz CT molecular complexity index is 584. The summed E-state index contributed by atoms with van der Waals surface area (Å²) >= 11 is 3.41. The second-order valence-electron chi connectivity index (χ2n) is 4.86. The molecule has 0 bridgehead atoms. The van der Waals surface area contributed by atoms with E-state index in [1.54, 1.807) is 13.0 Å². The Balaban J connectivity index is 2.24. The second-order valence-corrected chi connectivity index (χ2v) is 5.78. The predicted octanol–water partition coefficient (Wildman–Crippen LogP) is 4.28. The standard InChI is InChI=1S/C16H17BrFNO/c1-11(20)15-9-14(18)7-8-16(15)19(2)10-12-3-5-13(17)6-4-12/h3-9,11,20H,10H2,1-2H3/t11-/m1/s1. The fourth-order valence-corrected chi connectivity index (χ4v) is 2.42. The Kier molecular flexibility index (Phi) is 4.78. The molecule has 0 spiro atoms. The topological polar surface area (TPSA) is 23.5 Å². The van der Waals surface area contributed by atoms with Crippen molar-refractivity contribution in [2.24, 2.45) is 0 Å². The number of nitrogens with zero attached hydrogens (tertiary/aromatic N) is 1. The van der Waals surface area contributed by atoms with Crippen LogP contribution in [-0.4, -0.2) is 12.2 Å². The molecule has 0 radical (unpaired) electrons. The smallest absolute Gasteiger partial charge is 0.123 e. The van der Waals surface area contributed by atoms with Crippen LogP contribution in [0, 0.1) is 5.82 Å². The van der Waals surface area contributed by atoms with Crippen LogP contribution in [0.3, 0.4) is 0 Å². The molecule has 0 amide bonds. The molecule has 2 aromatic rings. The maximum absolute atomic E-state index is 13.3. The van der Waals surface area contributed by atoms with Crippen molar-refractivity contribution in [3.8, 4) is 0 Å². The molecule has 1 N–H and O–H groups in total. The number of benzene rings is 2. The van der Waals surface area contributed by atoms with Crippen LogP contribution in [0.2, 0.25) is 0 Å². The summed E-state index contributed by atoms with van der Waals surface area (Å²) in [5, 5.41) is 9.78. The highest BCUT2D eigenvalue weighted by molar-refractivity contribution is 9.10. The summed E-state index contributed by atoms with van der Waals surface area (Å²) in [6, 6.07) is 12.6. The van der Waals surface area contributed by atoms with Crippen molar-refractivity contribution in [2.75, 3.05) is 11.9 Å². The van der Waals surface area contributed by atoms with Gasteiger partial charge in [0, 0.05) is 29.3 Å².